The van der Waals surface area contributed by atoms with Gasteiger partial charge < -0.3 is 0 Å². The van der Waals surface area contributed by atoms with Crippen LogP contribution in [-0.4, -0.2) is 20.3 Å². The minimum Gasteiger partial charge on any atom is -0.288 e. The first-order valence-corrected chi connectivity index (χ1v) is 9.71. The Hall–Kier alpha value is -3.68. The number of aromatic nitrogens is 2. The third-order valence-corrected chi connectivity index (χ3v) is 5.23. The van der Waals surface area contributed by atoms with Gasteiger partial charge in [-0.1, -0.05) is 13.8 Å². The van der Waals surface area contributed by atoms with Gasteiger partial charge in [-0.25, -0.2) is 0 Å². The van der Waals surface area contributed by atoms with E-state index in [2.05, 4.69) is 8.75 Å². The molecule has 6 nitrogen and oxygen atoms in total. The van der Waals surface area contributed by atoms with Crippen molar-refractivity contribution in [3.63, 3.8) is 0 Å². The van der Waals surface area contributed by atoms with Gasteiger partial charge in [-0.05, 0) is 54.8 Å². The lowest BCUT2D eigenvalue weighted by atomic mass is 9.99. The van der Waals surface area contributed by atoms with Gasteiger partial charge in [0.05, 0.1) is 28.4 Å². The summed E-state index contributed by atoms with van der Waals surface area (Å²) in [4.78, 5) is 25.6. The van der Waals surface area contributed by atoms with Gasteiger partial charge in [0.1, 0.15) is 23.2 Å². The van der Waals surface area contributed by atoms with Crippen LogP contribution in [0.25, 0.3) is 17.1 Å². The number of carbonyl (C=O) groups is 2. The first-order chi connectivity index (χ1) is 14.0. The van der Waals surface area contributed by atoms with Crippen molar-refractivity contribution in [1.82, 2.24) is 8.75 Å². The van der Waals surface area contributed by atoms with Crippen molar-refractivity contribution < 1.29 is 9.59 Å². The standard InChI is InChI=1S/C20H10N4O2S.C2H6/c1-9-3-11(10(2)18-17(9)23-27-24-18)4-16-19(25)14-5-12(7-21)13(8-22)6-15(14)20(16)26;1-2/h3-6H,1-2H3;1-2H3. The first-order valence-electron chi connectivity index (χ1n) is 8.98. The van der Waals surface area contributed by atoms with Gasteiger partial charge in [-0.2, -0.15) is 19.3 Å². The van der Waals surface area contributed by atoms with Crippen molar-refractivity contribution in [2.75, 3.05) is 0 Å². The van der Waals surface area contributed by atoms with Crippen LogP contribution in [0.4, 0.5) is 0 Å². The number of fused-ring (bicyclic) bond motifs is 2. The third kappa shape index (κ3) is 3.12. The molecule has 7 heteroatoms. The predicted molar refractivity (Wildman–Crippen MR) is 111 cm³/mol. The molecule has 1 aliphatic rings. The van der Waals surface area contributed by atoms with E-state index in [0.717, 1.165) is 39.5 Å². The zero-order valence-corrected chi connectivity index (χ0v) is 17.1. The number of ketones is 2. The highest BCUT2D eigenvalue weighted by atomic mass is 32.1. The third-order valence-electron chi connectivity index (χ3n) is 4.70. The average molecular weight is 400 g/mol. The summed E-state index contributed by atoms with van der Waals surface area (Å²) < 4.78 is 8.56. The second-order valence-electron chi connectivity index (χ2n) is 6.25. The van der Waals surface area contributed by atoms with Gasteiger partial charge in [0.25, 0.3) is 0 Å². The second kappa shape index (κ2) is 7.75. The molecular formula is C22H16N4O2S. The molecule has 3 aromatic rings. The van der Waals surface area contributed by atoms with Crippen LogP contribution >= 0.6 is 11.7 Å². The van der Waals surface area contributed by atoms with Crippen LogP contribution in [0.1, 0.15) is 62.4 Å². The average Bonchev–Trinajstić information content (AvgIpc) is 3.32. The molecule has 0 atom stereocenters. The van der Waals surface area contributed by atoms with Gasteiger partial charge in [0.15, 0.2) is 11.6 Å². The van der Waals surface area contributed by atoms with Crippen LogP contribution in [0.5, 0.6) is 0 Å². The van der Waals surface area contributed by atoms with Crippen LogP contribution in [0, 0.1) is 36.5 Å². The molecule has 0 radical (unpaired) electrons. The quantitative estimate of drug-likeness (QED) is 0.438. The van der Waals surface area contributed by atoms with E-state index in [-0.39, 0.29) is 27.8 Å². The number of nitrogens with zero attached hydrogens (tertiary/aromatic N) is 4. The van der Waals surface area contributed by atoms with Crippen LogP contribution < -0.4 is 0 Å². The molecule has 142 valence electrons. The number of nitriles is 2. The molecule has 0 amide bonds. The van der Waals surface area contributed by atoms with Crippen molar-refractivity contribution in [1.29, 1.82) is 10.5 Å². The topological polar surface area (TPSA) is 108 Å². The van der Waals surface area contributed by atoms with Gasteiger partial charge >= 0.3 is 0 Å². The Morgan fingerprint density at radius 3 is 1.93 bits per heavy atom. The van der Waals surface area contributed by atoms with E-state index in [1.54, 1.807) is 6.08 Å². The summed E-state index contributed by atoms with van der Waals surface area (Å²) >= 11 is 1.12. The fraction of sp³-hybridized carbons (Fsp3) is 0.182. The molecule has 4 rings (SSSR count). The van der Waals surface area contributed by atoms with Gasteiger partial charge in [-0.3, -0.25) is 9.59 Å². The van der Waals surface area contributed by atoms with Crippen molar-refractivity contribution in [3.8, 4) is 12.1 Å². The van der Waals surface area contributed by atoms with Crippen LogP contribution in [0.3, 0.4) is 0 Å². The molecule has 0 N–H and O–H groups in total. The van der Waals surface area contributed by atoms with Crippen molar-refractivity contribution >= 4 is 40.4 Å². The lowest BCUT2D eigenvalue weighted by Crippen LogP contribution is -2.01. The number of hydrogen-bond donors (Lipinski definition) is 0. The largest absolute Gasteiger partial charge is 0.288 e. The molecule has 29 heavy (non-hydrogen) atoms. The summed E-state index contributed by atoms with van der Waals surface area (Å²) in [5, 5.41) is 18.3. The maximum absolute atomic E-state index is 12.8. The fourth-order valence-corrected chi connectivity index (χ4v) is 3.89. The van der Waals surface area contributed by atoms with E-state index in [4.69, 9.17) is 10.5 Å². The molecule has 0 fully saturated rings. The minimum absolute atomic E-state index is 0.0222. The Kier molecular flexibility index (Phi) is 5.36. The minimum atomic E-state index is -0.440. The Balaban J connectivity index is 0.00000117. The zero-order valence-electron chi connectivity index (χ0n) is 16.3. The highest BCUT2D eigenvalue weighted by Gasteiger charge is 2.34. The molecule has 0 bridgehead atoms. The highest BCUT2D eigenvalue weighted by molar-refractivity contribution is 7.00. The molecule has 0 saturated carbocycles. The Morgan fingerprint density at radius 2 is 1.41 bits per heavy atom. The smallest absolute Gasteiger partial charge is 0.197 e. The predicted octanol–water partition coefficient (Wildman–Crippen LogP) is 4.54. The van der Waals surface area contributed by atoms with Crippen molar-refractivity contribution in [2.45, 2.75) is 27.7 Å². The molecule has 1 heterocycles. The van der Waals surface area contributed by atoms with E-state index in [1.807, 2.05) is 45.9 Å². The molecule has 0 aliphatic heterocycles. The molecule has 1 aromatic heterocycles. The Morgan fingerprint density at radius 1 is 0.897 bits per heavy atom. The van der Waals surface area contributed by atoms with Crippen molar-refractivity contribution in [3.05, 3.63) is 62.7 Å². The SMILES string of the molecule is CC.Cc1cc(C=C2C(=O)c3cc(C#N)c(C#N)cc3C2=O)c(C)c2nsnc12. The second-order valence-corrected chi connectivity index (χ2v) is 6.78. The molecule has 0 spiro atoms. The van der Waals surface area contributed by atoms with Crippen LogP contribution in [0.2, 0.25) is 0 Å². The van der Waals surface area contributed by atoms with Crippen molar-refractivity contribution in [2.24, 2.45) is 0 Å². The van der Waals surface area contributed by atoms with Gasteiger partial charge in [0, 0.05) is 11.1 Å². The fourth-order valence-electron chi connectivity index (χ4n) is 3.23. The highest BCUT2D eigenvalue weighted by Crippen LogP contribution is 2.32. The summed E-state index contributed by atoms with van der Waals surface area (Å²) in [5.74, 6) is -0.880. The summed E-state index contributed by atoms with van der Waals surface area (Å²) in [5.41, 5.74) is 4.53. The number of aryl methyl sites for hydroxylation is 2. The van der Waals surface area contributed by atoms with E-state index < -0.39 is 11.6 Å². The van der Waals surface area contributed by atoms with E-state index in [9.17, 15) is 9.59 Å². The molecule has 0 saturated heterocycles. The van der Waals surface area contributed by atoms with E-state index in [0.29, 0.717) is 0 Å². The number of rotatable bonds is 1. The normalized spacial score (nSPS) is 12.1. The number of carbonyl (C=O) groups excluding carboxylic acids is 2. The summed E-state index contributed by atoms with van der Waals surface area (Å²) in [7, 11) is 0. The zero-order chi connectivity index (χ0) is 21.3. The number of benzene rings is 2. The van der Waals surface area contributed by atoms with Crippen LogP contribution in [-0.2, 0) is 0 Å². The summed E-state index contributed by atoms with van der Waals surface area (Å²) in [6.45, 7) is 7.77. The summed E-state index contributed by atoms with van der Waals surface area (Å²) in [6, 6.07) is 8.29. The number of hydrogen-bond acceptors (Lipinski definition) is 7. The lowest BCUT2D eigenvalue weighted by molar-refractivity contribution is 0.0990. The molecular weight excluding hydrogens is 384 g/mol. The maximum atomic E-state index is 12.8. The number of Topliss-reactive ketones (excluding diaryl/α,β-unsaturated/α-hetero) is 2. The lowest BCUT2D eigenvalue weighted by Gasteiger charge is -2.05. The maximum Gasteiger partial charge on any atom is 0.197 e. The summed E-state index contributed by atoms with van der Waals surface area (Å²) in [6.07, 6.45) is 1.56. The Bertz CT molecular complexity index is 1250. The molecule has 0 unspecified atom stereocenters. The first kappa shape index (κ1) is 20.1. The Labute approximate surface area is 172 Å². The van der Waals surface area contributed by atoms with Gasteiger partial charge in [-0.15, -0.1) is 0 Å². The van der Waals surface area contributed by atoms with Crippen LogP contribution in [0.15, 0.2) is 23.8 Å². The molecule has 1 aliphatic carbocycles. The van der Waals surface area contributed by atoms with E-state index >= 15 is 0 Å². The number of allylic oxidation sites excluding steroid dienone is 1. The molecule has 2 aromatic carbocycles. The van der Waals surface area contributed by atoms with Gasteiger partial charge in [0.2, 0.25) is 0 Å². The van der Waals surface area contributed by atoms with E-state index in [1.165, 1.54) is 12.1 Å². The monoisotopic (exact) mass is 400 g/mol.